The number of benzene rings is 2. The lowest BCUT2D eigenvalue weighted by molar-refractivity contribution is 0.0358. The number of ether oxygens (including phenoxy) is 3. The summed E-state index contributed by atoms with van der Waals surface area (Å²) in [7, 11) is 1.57. The molecule has 0 atom stereocenters. The number of nitrogens with zero attached hydrogens (tertiary/aromatic N) is 11. The second-order valence-electron chi connectivity index (χ2n) is 16.2. The summed E-state index contributed by atoms with van der Waals surface area (Å²) < 4.78 is 26.0. The van der Waals surface area contributed by atoms with E-state index >= 15 is 0 Å². The molecule has 336 valence electrons. The second-order valence-corrected chi connectivity index (χ2v) is 16.2. The lowest BCUT2D eigenvalue weighted by Gasteiger charge is -2.26. The van der Waals surface area contributed by atoms with Crippen molar-refractivity contribution in [1.82, 2.24) is 53.5 Å². The van der Waals surface area contributed by atoms with Crippen LogP contribution in [-0.2, 0) is 30.9 Å². The molecule has 1 aliphatic heterocycles. The van der Waals surface area contributed by atoms with E-state index in [0.717, 1.165) is 94.6 Å². The van der Waals surface area contributed by atoms with Crippen molar-refractivity contribution in [3.05, 3.63) is 83.5 Å². The minimum atomic E-state index is -0.563. The number of primary amides is 2. The van der Waals surface area contributed by atoms with Crippen LogP contribution in [-0.4, -0.2) is 112 Å². The van der Waals surface area contributed by atoms with E-state index in [0.29, 0.717) is 84.8 Å². The average molecular weight is 880 g/mol. The summed E-state index contributed by atoms with van der Waals surface area (Å²) >= 11 is 0. The third-order valence-corrected chi connectivity index (χ3v) is 11.9. The van der Waals surface area contributed by atoms with E-state index in [-0.39, 0.29) is 0 Å². The number of carbonyl (C=O) groups is 2. The van der Waals surface area contributed by atoms with Crippen LogP contribution in [0.2, 0.25) is 0 Å². The first kappa shape index (κ1) is 43.1. The number of amides is 2. The molecule has 0 aliphatic carbocycles. The number of rotatable bonds is 17. The SMILES string of the molecule is CCn1nc(C)cc1-c1ncc2c3cc(C(N)=O)cc(OC)c3n(C/C=C/CCn3c4nc(-c5cc(C)nn5CC)ncc4c4cc(C(N)=O)cc(OCCCN5CCOCC5)c43)c2n1. The van der Waals surface area contributed by atoms with Gasteiger partial charge in [-0.25, -0.2) is 19.9 Å². The summed E-state index contributed by atoms with van der Waals surface area (Å²) in [5.41, 5.74) is 18.6. The number of carbonyl (C=O) groups excluding carboxylic acids is 2. The van der Waals surface area contributed by atoms with Gasteiger partial charge in [0.05, 0.1) is 49.4 Å². The monoisotopic (exact) mass is 879 g/mol. The molecule has 1 saturated heterocycles. The van der Waals surface area contributed by atoms with Crippen molar-refractivity contribution in [3.8, 4) is 34.5 Å². The summed E-state index contributed by atoms with van der Waals surface area (Å²) in [6.45, 7) is 14.8. The van der Waals surface area contributed by atoms with Gasteiger partial charge in [-0.2, -0.15) is 10.2 Å². The fourth-order valence-corrected chi connectivity index (χ4v) is 8.85. The highest BCUT2D eigenvalue weighted by Gasteiger charge is 2.23. The van der Waals surface area contributed by atoms with Crippen LogP contribution >= 0.6 is 0 Å². The zero-order chi connectivity index (χ0) is 45.4. The van der Waals surface area contributed by atoms with Gasteiger partial charge < -0.3 is 34.8 Å². The van der Waals surface area contributed by atoms with Gasteiger partial charge in [0.15, 0.2) is 11.6 Å². The normalized spacial score (nSPS) is 13.6. The highest BCUT2D eigenvalue weighted by atomic mass is 16.5. The maximum Gasteiger partial charge on any atom is 0.248 e. The minimum Gasteiger partial charge on any atom is -0.495 e. The molecular formula is C47H53N13O5. The Hall–Kier alpha value is -7.18. The number of methoxy groups -OCH3 is 1. The summed E-state index contributed by atoms with van der Waals surface area (Å²) in [5.74, 6) is 1.01. The number of morpholine rings is 1. The van der Waals surface area contributed by atoms with Crippen LogP contribution < -0.4 is 20.9 Å². The maximum atomic E-state index is 12.7. The van der Waals surface area contributed by atoms with Crippen molar-refractivity contribution < 1.29 is 23.8 Å². The van der Waals surface area contributed by atoms with Gasteiger partial charge in [0, 0.05) is 90.9 Å². The molecule has 9 rings (SSSR count). The minimum absolute atomic E-state index is 0.323. The molecule has 2 amide bonds. The van der Waals surface area contributed by atoms with Crippen molar-refractivity contribution in [2.24, 2.45) is 11.5 Å². The van der Waals surface area contributed by atoms with E-state index in [9.17, 15) is 9.59 Å². The second kappa shape index (κ2) is 18.1. The molecule has 8 aromatic rings. The van der Waals surface area contributed by atoms with Gasteiger partial charge in [0.25, 0.3) is 0 Å². The quantitative estimate of drug-likeness (QED) is 0.0818. The molecule has 0 spiro atoms. The van der Waals surface area contributed by atoms with E-state index in [4.69, 9.17) is 45.6 Å². The van der Waals surface area contributed by atoms with Crippen LogP contribution in [0.25, 0.3) is 66.9 Å². The van der Waals surface area contributed by atoms with Gasteiger partial charge in [0.2, 0.25) is 11.8 Å². The number of hydrogen-bond donors (Lipinski definition) is 2. The Kier molecular flexibility index (Phi) is 12.0. The molecule has 0 radical (unpaired) electrons. The van der Waals surface area contributed by atoms with E-state index in [1.807, 2.05) is 55.4 Å². The van der Waals surface area contributed by atoms with E-state index in [2.05, 4.69) is 36.4 Å². The number of fused-ring (bicyclic) bond motifs is 6. The molecule has 7 heterocycles. The van der Waals surface area contributed by atoms with E-state index in [1.54, 1.807) is 37.6 Å². The fraction of sp³-hybridized carbons (Fsp3) is 0.362. The third kappa shape index (κ3) is 8.26. The van der Waals surface area contributed by atoms with Crippen molar-refractivity contribution in [1.29, 1.82) is 0 Å². The molecular weight excluding hydrogens is 827 g/mol. The molecule has 18 nitrogen and oxygen atoms in total. The van der Waals surface area contributed by atoms with Crippen LogP contribution in [0.1, 0.15) is 58.8 Å². The Morgan fingerprint density at radius 3 is 1.83 bits per heavy atom. The van der Waals surface area contributed by atoms with Crippen LogP contribution in [0, 0.1) is 13.8 Å². The van der Waals surface area contributed by atoms with Crippen molar-refractivity contribution >= 4 is 55.7 Å². The smallest absolute Gasteiger partial charge is 0.248 e. The molecule has 2 aromatic carbocycles. The Morgan fingerprint density at radius 1 is 0.723 bits per heavy atom. The summed E-state index contributed by atoms with van der Waals surface area (Å²) in [6, 6.07) is 10.9. The van der Waals surface area contributed by atoms with E-state index in [1.165, 1.54) is 0 Å². The predicted molar refractivity (Wildman–Crippen MR) is 248 cm³/mol. The van der Waals surface area contributed by atoms with Crippen LogP contribution in [0.3, 0.4) is 0 Å². The fourth-order valence-electron chi connectivity index (χ4n) is 8.85. The first-order valence-corrected chi connectivity index (χ1v) is 22.0. The molecule has 65 heavy (non-hydrogen) atoms. The Balaban J connectivity index is 1.10. The van der Waals surface area contributed by atoms with Crippen LogP contribution in [0.5, 0.6) is 11.5 Å². The summed E-state index contributed by atoms with van der Waals surface area (Å²) in [5, 5.41) is 12.3. The first-order valence-electron chi connectivity index (χ1n) is 22.0. The van der Waals surface area contributed by atoms with Gasteiger partial charge in [-0.1, -0.05) is 12.2 Å². The highest BCUT2D eigenvalue weighted by Crippen LogP contribution is 2.38. The average Bonchev–Trinajstić information content (AvgIpc) is 4.07. The van der Waals surface area contributed by atoms with Crippen molar-refractivity contribution in [2.45, 2.75) is 66.7 Å². The number of aromatic nitrogens is 10. The van der Waals surface area contributed by atoms with Gasteiger partial charge in [-0.15, -0.1) is 0 Å². The Labute approximate surface area is 374 Å². The molecule has 4 N–H and O–H groups in total. The largest absolute Gasteiger partial charge is 0.495 e. The highest BCUT2D eigenvalue weighted by molar-refractivity contribution is 6.13. The van der Waals surface area contributed by atoms with Gasteiger partial charge in [0.1, 0.15) is 34.2 Å². The molecule has 1 fully saturated rings. The number of hydrogen-bond acceptors (Lipinski definition) is 12. The maximum absolute atomic E-state index is 12.7. The third-order valence-electron chi connectivity index (χ3n) is 11.9. The van der Waals surface area contributed by atoms with Crippen LogP contribution in [0.15, 0.2) is 60.9 Å². The first-order chi connectivity index (χ1) is 31.6. The zero-order valence-electron chi connectivity index (χ0n) is 37.4. The standard InChI is InChI=1S/C47H53N13O5/c1-6-59-36(20-28(3)54-59)44-50-26-34-32-22-30(42(48)61)24-38(63-5)40(32)57(46(34)52-44)13-9-8-10-14-58-41-33(35-27-51-45(53-47(35)58)37-21-29(4)55-60(37)7-2)23-31(43(49)62)25-39(41)65-17-11-12-56-15-18-64-19-16-56/h8-9,20-27H,6-7,10-19H2,1-5H3,(H2,48,61)(H2,49,62)/b9-8+. The number of allylic oxidation sites excluding steroid dienone is 2. The van der Waals surface area contributed by atoms with Gasteiger partial charge >= 0.3 is 0 Å². The van der Waals surface area contributed by atoms with Crippen molar-refractivity contribution in [2.75, 3.05) is 46.6 Å². The molecule has 6 aromatic heterocycles. The number of aryl methyl sites for hydroxylation is 5. The molecule has 18 heteroatoms. The predicted octanol–water partition coefficient (Wildman–Crippen LogP) is 5.82. The van der Waals surface area contributed by atoms with Gasteiger partial charge in [-0.3, -0.25) is 23.9 Å². The molecule has 1 aliphatic rings. The topological polar surface area (TPSA) is 214 Å². The zero-order valence-corrected chi connectivity index (χ0v) is 37.4. The van der Waals surface area contributed by atoms with Crippen molar-refractivity contribution in [3.63, 3.8) is 0 Å². The summed E-state index contributed by atoms with van der Waals surface area (Å²) in [6.07, 6.45) is 9.20. The van der Waals surface area contributed by atoms with E-state index < -0.39 is 11.8 Å². The molecule has 0 saturated carbocycles. The molecule has 0 bridgehead atoms. The Bertz CT molecular complexity index is 3130. The van der Waals surface area contributed by atoms with Gasteiger partial charge in [-0.05, 0) is 76.9 Å². The van der Waals surface area contributed by atoms with Crippen LogP contribution in [0.4, 0.5) is 0 Å². The molecule has 0 unspecified atom stereocenters. The lowest BCUT2D eigenvalue weighted by atomic mass is 10.1. The number of nitrogens with two attached hydrogens (primary N) is 2. The lowest BCUT2D eigenvalue weighted by Crippen LogP contribution is -2.37. The summed E-state index contributed by atoms with van der Waals surface area (Å²) in [4.78, 5) is 47.4. The Morgan fingerprint density at radius 2 is 1.28 bits per heavy atom.